The van der Waals surface area contributed by atoms with Gasteiger partial charge in [-0.2, -0.15) is 5.10 Å². The lowest BCUT2D eigenvalue weighted by atomic mass is 10.6. The number of hydrogen-bond donors (Lipinski definition) is 0. The van der Waals surface area contributed by atoms with Crippen LogP contribution in [0.3, 0.4) is 0 Å². The maximum Gasteiger partial charge on any atom is 0.138 e. The van der Waals surface area contributed by atoms with Gasteiger partial charge in [-0.1, -0.05) is 27.7 Å². The molecule has 0 fully saturated rings. The van der Waals surface area contributed by atoms with E-state index in [0.717, 1.165) is 5.69 Å². The van der Waals surface area contributed by atoms with Gasteiger partial charge < -0.3 is 0 Å². The predicted octanol–water partition coefficient (Wildman–Crippen LogP) is 2.23. The fraction of sp³-hybridized carbons (Fsp3) is 0.625. The van der Waals surface area contributed by atoms with Crippen LogP contribution < -0.4 is 0 Å². The Balaban J connectivity index is 0. The molecule has 0 aromatic carbocycles. The Morgan fingerprint density at radius 3 is 1.82 bits per heavy atom. The second-order valence-corrected chi connectivity index (χ2v) is 1.25. The van der Waals surface area contributed by atoms with Crippen molar-refractivity contribution in [2.45, 2.75) is 34.6 Å². The summed E-state index contributed by atoms with van der Waals surface area (Å²) in [6.07, 6.45) is 3.07. The minimum Gasteiger partial charge on any atom is -0.241 e. The van der Waals surface area contributed by atoms with Gasteiger partial charge in [-0.25, -0.2) is 4.98 Å². The first-order valence-electron chi connectivity index (χ1n) is 3.99. The number of rotatable bonds is 0. The summed E-state index contributed by atoms with van der Waals surface area (Å²) >= 11 is 0. The standard InChI is InChI=1S/C4H5N3.2C2H6/c1-4-2-5-3-6-7-4;2*1-2/h2-3H,1H3;2*1-2H3. The first-order valence-corrected chi connectivity index (χ1v) is 3.99. The minimum atomic E-state index is 0.850. The third-order valence-corrected chi connectivity index (χ3v) is 0.595. The molecule has 0 saturated carbocycles. The number of aryl methyl sites for hydroxylation is 1. The first-order chi connectivity index (χ1) is 5.39. The van der Waals surface area contributed by atoms with Crippen LogP contribution in [0.1, 0.15) is 33.4 Å². The molecule has 0 saturated heterocycles. The molecule has 0 aliphatic rings. The molecule has 0 unspecified atom stereocenters. The summed E-state index contributed by atoms with van der Waals surface area (Å²) in [6, 6.07) is 0. The maximum absolute atomic E-state index is 3.71. The number of aromatic nitrogens is 3. The molecule has 1 heterocycles. The van der Waals surface area contributed by atoms with Crippen molar-refractivity contribution in [2.75, 3.05) is 0 Å². The van der Waals surface area contributed by atoms with Crippen molar-refractivity contribution in [3.05, 3.63) is 18.2 Å². The van der Waals surface area contributed by atoms with E-state index in [1.165, 1.54) is 6.33 Å². The monoisotopic (exact) mass is 155 g/mol. The molecule has 1 aromatic heterocycles. The molecular weight excluding hydrogens is 138 g/mol. The lowest BCUT2D eigenvalue weighted by Crippen LogP contribution is -1.84. The third kappa shape index (κ3) is 9.01. The topological polar surface area (TPSA) is 38.7 Å². The van der Waals surface area contributed by atoms with E-state index < -0.39 is 0 Å². The van der Waals surface area contributed by atoms with Gasteiger partial charge >= 0.3 is 0 Å². The summed E-state index contributed by atoms with van der Waals surface area (Å²) in [5, 5.41) is 7.19. The van der Waals surface area contributed by atoms with Gasteiger partial charge in [-0.05, 0) is 6.92 Å². The fourth-order valence-corrected chi connectivity index (χ4v) is 0.314. The Hall–Kier alpha value is -0.990. The highest BCUT2D eigenvalue weighted by atomic mass is 15.1. The van der Waals surface area contributed by atoms with Gasteiger partial charge in [0.15, 0.2) is 0 Å². The van der Waals surface area contributed by atoms with Gasteiger partial charge in [0.2, 0.25) is 0 Å². The number of hydrogen-bond acceptors (Lipinski definition) is 3. The molecule has 0 aliphatic carbocycles. The van der Waals surface area contributed by atoms with E-state index in [1.54, 1.807) is 6.20 Å². The van der Waals surface area contributed by atoms with Crippen LogP contribution in [-0.2, 0) is 0 Å². The van der Waals surface area contributed by atoms with Gasteiger partial charge in [-0.3, -0.25) is 0 Å². The quantitative estimate of drug-likeness (QED) is 0.576. The predicted molar refractivity (Wildman–Crippen MR) is 47.3 cm³/mol. The summed E-state index contributed by atoms with van der Waals surface area (Å²) in [5.41, 5.74) is 0.850. The summed E-state index contributed by atoms with van der Waals surface area (Å²) in [6.45, 7) is 9.85. The van der Waals surface area contributed by atoms with Crippen LogP contribution in [0.25, 0.3) is 0 Å². The van der Waals surface area contributed by atoms with Gasteiger partial charge in [0.05, 0.1) is 11.9 Å². The largest absolute Gasteiger partial charge is 0.241 e. The minimum absolute atomic E-state index is 0.850. The van der Waals surface area contributed by atoms with E-state index in [0.29, 0.717) is 0 Å². The van der Waals surface area contributed by atoms with Crippen LogP contribution >= 0.6 is 0 Å². The first kappa shape index (κ1) is 12.7. The molecule has 1 aromatic rings. The normalized spacial score (nSPS) is 6.64. The average Bonchev–Trinajstić information content (AvgIpc) is 2.13. The molecule has 11 heavy (non-hydrogen) atoms. The molecule has 3 heteroatoms. The molecule has 0 atom stereocenters. The smallest absolute Gasteiger partial charge is 0.138 e. The zero-order chi connectivity index (χ0) is 9.11. The van der Waals surface area contributed by atoms with E-state index in [9.17, 15) is 0 Å². The molecule has 3 nitrogen and oxygen atoms in total. The van der Waals surface area contributed by atoms with Crippen molar-refractivity contribution in [1.82, 2.24) is 15.2 Å². The summed E-state index contributed by atoms with van der Waals surface area (Å²) in [7, 11) is 0. The summed E-state index contributed by atoms with van der Waals surface area (Å²) in [4.78, 5) is 3.71. The van der Waals surface area contributed by atoms with Crippen molar-refractivity contribution < 1.29 is 0 Å². The molecule has 64 valence electrons. The molecule has 0 bridgehead atoms. The highest BCUT2D eigenvalue weighted by Crippen LogP contribution is 1.77. The van der Waals surface area contributed by atoms with Crippen molar-refractivity contribution in [2.24, 2.45) is 0 Å². The molecule has 0 aliphatic heterocycles. The zero-order valence-electron chi connectivity index (χ0n) is 8.00. The Morgan fingerprint density at radius 2 is 1.64 bits per heavy atom. The summed E-state index contributed by atoms with van der Waals surface area (Å²) < 4.78 is 0. The second kappa shape index (κ2) is 11.8. The maximum atomic E-state index is 3.71. The molecule has 0 radical (unpaired) electrons. The zero-order valence-corrected chi connectivity index (χ0v) is 8.00. The van der Waals surface area contributed by atoms with Crippen LogP contribution in [0, 0.1) is 6.92 Å². The Morgan fingerprint density at radius 1 is 1.09 bits per heavy atom. The lowest BCUT2D eigenvalue weighted by Gasteiger charge is -1.80. The van der Waals surface area contributed by atoms with Crippen LogP contribution in [0.4, 0.5) is 0 Å². The van der Waals surface area contributed by atoms with Crippen LogP contribution in [0.2, 0.25) is 0 Å². The van der Waals surface area contributed by atoms with Crippen molar-refractivity contribution in [3.63, 3.8) is 0 Å². The van der Waals surface area contributed by atoms with E-state index in [2.05, 4.69) is 15.2 Å². The lowest BCUT2D eigenvalue weighted by molar-refractivity contribution is 0.925. The highest BCUT2D eigenvalue weighted by molar-refractivity contribution is 4.83. The van der Waals surface area contributed by atoms with Crippen molar-refractivity contribution in [1.29, 1.82) is 0 Å². The van der Waals surface area contributed by atoms with Crippen LogP contribution in [0.15, 0.2) is 12.5 Å². The average molecular weight is 155 g/mol. The highest BCUT2D eigenvalue weighted by Gasteiger charge is 1.76. The molecule has 0 amide bonds. The van der Waals surface area contributed by atoms with Crippen molar-refractivity contribution in [3.8, 4) is 0 Å². The van der Waals surface area contributed by atoms with E-state index in [-0.39, 0.29) is 0 Å². The van der Waals surface area contributed by atoms with Crippen molar-refractivity contribution >= 4 is 0 Å². The molecule has 0 spiro atoms. The molecular formula is C8H17N3. The number of nitrogens with zero attached hydrogens (tertiary/aromatic N) is 3. The Bertz CT molecular complexity index is 139. The van der Waals surface area contributed by atoms with Gasteiger partial charge in [0.25, 0.3) is 0 Å². The summed E-state index contributed by atoms with van der Waals surface area (Å²) in [5.74, 6) is 0. The van der Waals surface area contributed by atoms with Gasteiger partial charge in [0.1, 0.15) is 6.33 Å². The van der Waals surface area contributed by atoms with Gasteiger partial charge in [-0.15, -0.1) is 5.10 Å². The van der Waals surface area contributed by atoms with Crippen LogP contribution in [-0.4, -0.2) is 15.2 Å². The van der Waals surface area contributed by atoms with Gasteiger partial charge in [0, 0.05) is 0 Å². The Labute approximate surface area is 68.9 Å². The van der Waals surface area contributed by atoms with E-state index in [4.69, 9.17) is 0 Å². The second-order valence-electron chi connectivity index (χ2n) is 1.25. The SMILES string of the molecule is CC.CC.Cc1cncnn1. The van der Waals surface area contributed by atoms with Crippen LogP contribution in [0.5, 0.6) is 0 Å². The molecule has 1 rings (SSSR count). The van der Waals surface area contributed by atoms with E-state index >= 15 is 0 Å². The van der Waals surface area contributed by atoms with E-state index in [1.807, 2.05) is 34.6 Å². The third-order valence-electron chi connectivity index (χ3n) is 0.595. The fourth-order valence-electron chi connectivity index (χ4n) is 0.314. The molecule has 0 N–H and O–H groups in total. The Kier molecular flexibility index (Phi) is 13.5.